The van der Waals surface area contributed by atoms with Crippen LogP contribution in [0.15, 0.2) is 42.5 Å². The third-order valence-corrected chi connectivity index (χ3v) is 7.25. The summed E-state index contributed by atoms with van der Waals surface area (Å²) >= 11 is 0. The average molecular weight is 429 g/mol. The number of nitrogens with zero attached hydrogens (tertiary/aromatic N) is 1. The number of carbonyl (C=O) groups is 1. The Morgan fingerprint density at radius 1 is 1.00 bits per heavy atom. The molecule has 1 saturated heterocycles. The molecule has 30 heavy (non-hydrogen) atoms. The van der Waals surface area contributed by atoms with E-state index in [1.165, 1.54) is 9.87 Å². The van der Waals surface area contributed by atoms with Crippen LogP contribution in [-0.2, 0) is 15.6 Å². The summed E-state index contributed by atoms with van der Waals surface area (Å²) < 4.78 is 30.6. The van der Waals surface area contributed by atoms with Crippen LogP contribution in [0, 0.1) is 0 Å². The third kappa shape index (κ3) is 4.02. The molecule has 0 radical (unpaired) electrons. The third-order valence-electron chi connectivity index (χ3n) is 6.17. The molecule has 0 unspecified atom stereocenters. The van der Waals surface area contributed by atoms with Crippen molar-refractivity contribution in [1.29, 1.82) is 0 Å². The SMILES string of the molecule is CC(C)(C)c1ccc(-c2ccc3c(c2)C(=O)CC2(CCN(S(N)(=O)=O)CC2)O3)cc1. The van der Waals surface area contributed by atoms with Gasteiger partial charge in [-0.05, 0) is 34.2 Å². The fraction of sp³-hybridized carbons (Fsp3) is 0.435. The number of piperidine rings is 1. The first-order valence-electron chi connectivity index (χ1n) is 10.2. The normalized spacial score (nSPS) is 19.4. The number of rotatable bonds is 2. The van der Waals surface area contributed by atoms with Crippen LogP contribution in [0.25, 0.3) is 11.1 Å². The van der Waals surface area contributed by atoms with Crippen LogP contribution in [0.4, 0.5) is 0 Å². The Labute approximate surface area is 178 Å². The van der Waals surface area contributed by atoms with E-state index in [0.29, 0.717) is 24.2 Å². The summed E-state index contributed by atoms with van der Waals surface area (Å²) in [5, 5.41) is 5.23. The molecule has 0 aromatic heterocycles. The second-order valence-corrected chi connectivity index (χ2v) is 10.9. The zero-order valence-electron chi connectivity index (χ0n) is 17.6. The van der Waals surface area contributed by atoms with Gasteiger partial charge in [-0.25, -0.2) is 5.14 Å². The highest BCUT2D eigenvalue weighted by atomic mass is 32.2. The highest BCUT2D eigenvalue weighted by Crippen LogP contribution is 2.41. The fourth-order valence-electron chi connectivity index (χ4n) is 4.26. The molecular formula is C23H28N2O4S. The zero-order chi connectivity index (χ0) is 21.7. The first-order valence-corrected chi connectivity index (χ1v) is 11.7. The van der Waals surface area contributed by atoms with Gasteiger partial charge in [0.25, 0.3) is 10.2 Å². The number of hydrogen-bond acceptors (Lipinski definition) is 4. The number of fused-ring (bicyclic) bond motifs is 1. The van der Waals surface area contributed by atoms with Crippen LogP contribution in [0.2, 0.25) is 0 Å². The van der Waals surface area contributed by atoms with Gasteiger partial charge in [-0.3, -0.25) is 4.79 Å². The van der Waals surface area contributed by atoms with E-state index in [1.807, 2.05) is 18.2 Å². The van der Waals surface area contributed by atoms with Gasteiger partial charge in [-0.15, -0.1) is 0 Å². The molecule has 2 aliphatic rings. The highest BCUT2D eigenvalue weighted by Gasteiger charge is 2.44. The van der Waals surface area contributed by atoms with Gasteiger partial charge in [0.2, 0.25) is 0 Å². The molecule has 1 spiro atoms. The number of Topliss-reactive ketones (excluding diaryl/α,β-unsaturated/α-hetero) is 1. The van der Waals surface area contributed by atoms with Gasteiger partial charge in [0.15, 0.2) is 5.78 Å². The zero-order valence-corrected chi connectivity index (χ0v) is 18.5. The Morgan fingerprint density at radius 2 is 1.60 bits per heavy atom. The summed E-state index contributed by atoms with van der Waals surface area (Å²) in [5.41, 5.74) is 3.32. The molecule has 7 heteroatoms. The Kier molecular flexibility index (Phi) is 5.03. The molecule has 160 valence electrons. The Hall–Kier alpha value is -2.22. The van der Waals surface area contributed by atoms with Crippen molar-refractivity contribution in [2.75, 3.05) is 13.1 Å². The topological polar surface area (TPSA) is 89.7 Å². The first-order chi connectivity index (χ1) is 14.0. The van der Waals surface area contributed by atoms with Gasteiger partial charge >= 0.3 is 0 Å². The van der Waals surface area contributed by atoms with E-state index in [2.05, 4.69) is 45.0 Å². The molecule has 1 fully saturated rings. The Morgan fingerprint density at radius 3 is 2.17 bits per heavy atom. The van der Waals surface area contributed by atoms with E-state index >= 15 is 0 Å². The molecule has 2 aromatic carbocycles. The minimum atomic E-state index is -3.71. The molecule has 2 aliphatic heterocycles. The predicted molar refractivity (Wildman–Crippen MR) is 117 cm³/mol. The van der Waals surface area contributed by atoms with Crippen molar-refractivity contribution in [2.45, 2.75) is 51.0 Å². The number of carbonyl (C=O) groups excluding carboxylic acids is 1. The van der Waals surface area contributed by atoms with E-state index in [9.17, 15) is 13.2 Å². The smallest absolute Gasteiger partial charge is 0.276 e. The van der Waals surface area contributed by atoms with Gasteiger partial charge in [-0.1, -0.05) is 51.1 Å². The van der Waals surface area contributed by atoms with E-state index in [4.69, 9.17) is 9.88 Å². The number of ketones is 1. The molecule has 2 heterocycles. The van der Waals surface area contributed by atoms with Gasteiger partial charge < -0.3 is 4.74 Å². The van der Waals surface area contributed by atoms with Crippen molar-refractivity contribution in [3.05, 3.63) is 53.6 Å². The molecule has 4 rings (SSSR count). The summed E-state index contributed by atoms with van der Waals surface area (Å²) in [5.74, 6) is 0.610. The summed E-state index contributed by atoms with van der Waals surface area (Å²) in [6.07, 6.45) is 1.15. The minimum absolute atomic E-state index is 0.0356. The molecule has 0 bridgehead atoms. The fourth-order valence-corrected chi connectivity index (χ4v) is 4.95. The van der Waals surface area contributed by atoms with Gasteiger partial charge in [0.1, 0.15) is 11.4 Å². The largest absolute Gasteiger partial charge is 0.486 e. The lowest BCUT2D eigenvalue weighted by atomic mass is 9.82. The van der Waals surface area contributed by atoms with Crippen molar-refractivity contribution in [1.82, 2.24) is 4.31 Å². The van der Waals surface area contributed by atoms with Gasteiger partial charge in [-0.2, -0.15) is 12.7 Å². The summed E-state index contributed by atoms with van der Waals surface area (Å²) in [6, 6.07) is 14.1. The van der Waals surface area contributed by atoms with Crippen molar-refractivity contribution in [3.63, 3.8) is 0 Å². The van der Waals surface area contributed by atoms with Crippen LogP contribution in [0.5, 0.6) is 5.75 Å². The van der Waals surface area contributed by atoms with Crippen molar-refractivity contribution in [2.24, 2.45) is 5.14 Å². The number of ether oxygens (including phenoxy) is 1. The standard InChI is InChI=1S/C23H28N2O4S/c1-22(2,3)18-7-4-16(5-8-18)17-6-9-21-19(14-17)20(26)15-23(29-21)10-12-25(13-11-23)30(24,27)28/h4-9,14H,10-13,15H2,1-3H3,(H2,24,27,28). The molecule has 0 atom stereocenters. The molecule has 2 N–H and O–H groups in total. The van der Waals surface area contributed by atoms with E-state index in [0.717, 1.165) is 11.1 Å². The van der Waals surface area contributed by atoms with Crippen molar-refractivity contribution < 1.29 is 17.9 Å². The summed E-state index contributed by atoms with van der Waals surface area (Å²) in [6.45, 7) is 7.07. The lowest BCUT2D eigenvalue weighted by molar-refractivity contribution is 0.00594. The van der Waals surface area contributed by atoms with E-state index in [-0.39, 0.29) is 30.7 Å². The average Bonchev–Trinajstić information content (AvgIpc) is 2.67. The molecule has 0 saturated carbocycles. The number of hydrogen-bond donors (Lipinski definition) is 1. The molecule has 2 aromatic rings. The lowest BCUT2D eigenvalue weighted by Crippen LogP contribution is -2.53. The van der Waals surface area contributed by atoms with Crippen LogP contribution in [-0.4, -0.2) is 37.2 Å². The van der Waals surface area contributed by atoms with E-state index < -0.39 is 15.8 Å². The highest BCUT2D eigenvalue weighted by molar-refractivity contribution is 7.86. The predicted octanol–water partition coefficient (Wildman–Crippen LogP) is 3.65. The van der Waals surface area contributed by atoms with Crippen LogP contribution in [0.1, 0.15) is 56.0 Å². The summed E-state index contributed by atoms with van der Waals surface area (Å²) in [7, 11) is -3.71. The van der Waals surface area contributed by atoms with E-state index in [1.54, 1.807) is 0 Å². The lowest BCUT2D eigenvalue weighted by Gasteiger charge is -2.43. The minimum Gasteiger partial charge on any atom is -0.486 e. The second kappa shape index (κ2) is 7.18. The molecule has 0 aliphatic carbocycles. The number of nitrogens with two attached hydrogens (primary N) is 1. The molecular weight excluding hydrogens is 400 g/mol. The summed E-state index contributed by atoms with van der Waals surface area (Å²) in [4.78, 5) is 13.0. The van der Waals surface area contributed by atoms with Gasteiger partial charge in [0, 0.05) is 25.9 Å². The van der Waals surface area contributed by atoms with Crippen LogP contribution >= 0.6 is 0 Å². The molecule has 6 nitrogen and oxygen atoms in total. The Balaban J connectivity index is 1.57. The Bertz CT molecular complexity index is 1080. The van der Waals surface area contributed by atoms with Crippen molar-refractivity contribution in [3.8, 4) is 16.9 Å². The second-order valence-electron chi connectivity index (χ2n) is 9.37. The number of benzene rings is 2. The van der Waals surface area contributed by atoms with Crippen LogP contribution in [0.3, 0.4) is 0 Å². The quantitative estimate of drug-likeness (QED) is 0.791. The maximum atomic E-state index is 13.0. The molecule has 0 amide bonds. The maximum absolute atomic E-state index is 13.0. The maximum Gasteiger partial charge on any atom is 0.276 e. The van der Waals surface area contributed by atoms with Gasteiger partial charge in [0.05, 0.1) is 12.0 Å². The monoisotopic (exact) mass is 428 g/mol. The first kappa shape index (κ1) is 21.0. The van der Waals surface area contributed by atoms with Crippen LogP contribution < -0.4 is 9.88 Å². The van der Waals surface area contributed by atoms with Crippen molar-refractivity contribution >= 4 is 16.0 Å².